The van der Waals surface area contributed by atoms with Gasteiger partial charge in [-0.3, -0.25) is 0 Å². The van der Waals surface area contributed by atoms with Crippen LogP contribution in [0.2, 0.25) is 0 Å². The number of hydrogen-bond donors (Lipinski definition) is 0. The van der Waals surface area contributed by atoms with Crippen LogP contribution >= 0.6 is 0 Å². The zero-order valence-corrected chi connectivity index (χ0v) is 16.7. The summed E-state index contributed by atoms with van der Waals surface area (Å²) in [5.74, 6) is 2.00. The van der Waals surface area contributed by atoms with Gasteiger partial charge in [0.05, 0.1) is 5.75 Å². The summed E-state index contributed by atoms with van der Waals surface area (Å²) >= 11 is 0. The second-order valence-corrected chi connectivity index (χ2v) is 9.18. The third kappa shape index (κ3) is 4.63. The average molecular weight is 383 g/mol. The molecular formula is C17H30N6O2S. The molecule has 146 valence electrons. The summed E-state index contributed by atoms with van der Waals surface area (Å²) in [6.07, 6.45) is 1.62. The van der Waals surface area contributed by atoms with Crippen LogP contribution in [0.1, 0.15) is 19.8 Å². The minimum absolute atomic E-state index is 0.253. The maximum Gasteiger partial charge on any atom is 0.214 e. The van der Waals surface area contributed by atoms with Crippen molar-refractivity contribution in [3.05, 3.63) is 12.1 Å². The van der Waals surface area contributed by atoms with E-state index in [1.165, 1.54) is 0 Å². The second kappa shape index (κ2) is 8.49. The number of nitrogens with zero attached hydrogens (tertiary/aromatic N) is 6. The molecule has 0 aliphatic carbocycles. The van der Waals surface area contributed by atoms with E-state index in [9.17, 15) is 8.42 Å². The second-order valence-electron chi connectivity index (χ2n) is 7.10. The van der Waals surface area contributed by atoms with Crippen LogP contribution in [0.15, 0.2) is 12.1 Å². The number of anilines is 2. The van der Waals surface area contributed by atoms with E-state index in [1.807, 2.05) is 19.1 Å². The molecule has 0 atom stereocenters. The standard InChI is InChI=1S/C17H30N6O2S/c1-3-4-15-26(24,25)23-13-11-22(12-14-23)17-6-5-16(18-19-17)21-9-7-20(2)8-10-21/h5-6H,3-4,7-15H2,1-2H3. The molecule has 9 heteroatoms. The van der Waals surface area contributed by atoms with E-state index in [0.29, 0.717) is 26.2 Å². The number of hydrogen-bond acceptors (Lipinski definition) is 7. The number of piperazine rings is 2. The summed E-state index contributed by atoms with van der Waals surface area (Å²) in [6, 6.07) is 4.03. The molecule has 0 amide bonds. The molecule has 2 aliphatic heterocycles. The highest BCUT2D eigenvalue weighted by Gasteiger charge is 2.27. The third-order valence-corrected chi connectivity index (χ3v) is 7.13. The van der Waals surface area contributed by atoms with Crippen LogP contribution in [-0.4, -0.2) is 93.0 Å². The van der Waals surface area contributed by atoms with Gasteiger partial charge in [-0.1, -0.05) is 13.3 Å². The van der Waals surface area contributed by atoms with E-state index in [4.69, 9.17) is 0 Å². The number of sulfonamides is 1. The molecule has 2 saturated heterocycles. The molecule has 2 fully saturated rings. The zero-order valence-electron chi connectivity index (χ0n) is 15.8. The van der Waals surface area contributed by atoms with Crippen molar-refractivity contribution in [3.63, 3.8) is 0 Å². The number of aromatic nitrogens is 2. The fraction of sp³-hybridized carbons (Fsp3) is 0.765. The first-order valence-corrected chi connectivity index (χ1v) is 11.1. The van der Waals surface area contributed by atoms with Crippen LogP contribution in [0.3, 0.4) is 0 Å². The van der Waals surface area contributed by atoms with E-state index in [0.717, 1.165) is 50.7 Å². The van der Waals surface area contributed by atoms with Gasteiger partial charge in [0.1, 0.15) is 0 Å². The van der Waals surface area contributed by atoms with Gasteiger partial charge in [-0.05, 0) is 25.6 Å². The molecule has 3 rings (SSSR count). The van der Waals surface area contributed by atoms with Crippen LogP contribution in [-0.2, 0) is 10.0 Å². The van der Waals surface area contributed by atoms with E-state index < -0.39 is 10.0 Å². The minimum Gasteiger partial charge on any atom is -0.353 e. The Kier molecular flexibility index (Phi) is 6.31. The molecule has 0 unspecified atom stereocenters. The number of likely N-dealkylation sites (N-methyl/N-ethyl adjacent to an activating group) is 1. The fourth-order valence-corrected chi connectivity index (χ4v) is 4.97. The Labute approximate surface area is 156 Å². The molecule has 0 aromatic carbocycles. The first kappa shape index (κ1) is 19.3. The molecule has 0 saturated carbocycles. The Hall–Kier alpha value is -1.45. The van der Waals surface area contributed by atoms with Crippen molar-refractivity contribution in [1.29, 1.82) is 0 Å². The Morgan fingerprint density at radius 1 is 0.885 bits per heavy atom. The normalized spacial score (nSPS) is 20.5. The molecule has 0 N–H and O–H groups in total. The van der Waals surface area contributed by atoms with Crippen molar-refractivity contribution in [2.24, 2.45) is 0 Å². The Morgan fingerprint density at radius 2 is 1.38 bits per heavy atom. The summed E-state index contributed by atoms with van der Waals surface area (Å²) in [4.78, 5) is 6.69. The highest BCUT2D eigenvalue weighted by atomic mass is 32.2. The predicted molar refractivity (Wildman–Crippen MR) is 104 cm³/mol. The first-order chi connectivity index (χ1) is 12.5. The van der Waals surface area contributed by atoms with E-state index in [-0.39, 0.29) is 5.75 Å². The topological polar surface area (TPSA) is 72.9 Å². The number of unbranched alkanes of at least 4 members (excludes halogenated alkanes) is 1. The van der Waals surface area contributed by atoms with Crippen LogP contribution in [0, 0.1) is 0 Å². The molecule has 1 aromatic rings. The third-order valence-electron chi connectivity index (χ3n) is 5.18. The van der Waals surface area contributed by atoms with Gasteiger partial charge in [-0.2, -0.15) is 4.31 Å². The molecule has 0 spiro atoms. The van der Waals surface area contributed by atoms with Gasteiger partial charge in [0.2, 0.25) is 10.0 Å². The largest absolute Gasteiger partial charge is 0.353 e. The average Bonchev–Trinajstić information content (AvgIpc) is 2.67. The fourth-order valence-electron chi connectivity index (χ4n) is 3.34. The molecule has 8 nitrogen and oxygen atoms in total. The Morgan fingerprint density at radius 3 is 1.85 bits per heavy atom. The Bertz CT molecular complexity index is 665. The molecule has 3 heterocycles. The lowest BCUT2D eigenvalue weighted by molar-refractivity contribution is 0.312. The van der Waals surface area contributed by atoms with Crippen molar-refractivity contribution in [2.75, 3.05) is 75.0 Å². The smallest absolute Gasteiger partial charge is 0.214 e. The summed E-state index contributed by atoms with van der Waals surface area (Å²) < 4.78 is 26.2. The van der Waals surface area contributed by atoms with Crippen molar-refractivity contribution in [1.82, 2.24) is 19.4 Å². The summed E-state index contributed by atoms with van der Waals surface area (Å²) in [5, 5.41) is 8.78. The lowest BCUT2D eigenvalue weighted by Crippen LogP contribution is -2.49. The summed E-state index contributed by atoms with van der Waals surface area (Å²) in [7, 11) is -0.984. The van der Waals surface area contributed by atoms with Gasteiger partial charge >= 0.3 is 0 Å². The zero-order chi connectivity index (χ0) is 18.6. The van der Waals surface area contributed by atoms with Crippen molar-refractivity contribution < 1.29 is 8.42 Å². The van der Waals surface area contributed by atoms with E-state index in [1.54, 1.807) is 4.31 Å². The highest BCUT2D eigenvalue weighted by molar-refractivity contribution is 7.89. The van der Waals surface area contributed by atoms with Crippen LogP contribution in [0.25, 0.3) is 0 Å². The summed E-state index contributed by atoms with van der Waals surface area (Å²) in [5.41, 5.74) is 0. The Balaban J connectivity index is 1.55. The predicted octanol–water partition coefficient (Wildman–Crippen LogP) is 0.480. The monoisotopic (exact) mass is 382 g/mol. The first-order valence-electron chi connectivity index (χ1n) is 9.49. The van der Waals surface area contributed by atoms with Crippen molar-refractivity contribution in [2.45, 2.75) is 19.8 Å². The van der Waals surface area contributed by atoms with E-state index >= 15 is 0 Å². The van der Waals surface area contributed by atoms with Gasteiger partial charge in [-0.25, -0.2) is 8.42 Å². The minimum atomic E-state index is -3.12. The van der Waals surface area contributed by atoms with Gasteiger partial charge in [0, 0.05) is 52.4 Å². The molecule has 1 aromatic heterocycles. The molecular weight excluding hydrogens is 352 g/mol. The SMILES string of the molecule is CCCCS(=O)(=O)N1CCN(c2ccc(N3CCN(C)CC3)nn2)CC1. The lowest BCUT2D eigenvalue weighted by atomic mass is 10.3. The molecule has 2 aliphatic rings. The number of rotatable bonds is 6. The molecule has 0 radical (unpaired) electrons. The van der Waals surface area contributed by atoms with Gasteiger partial charge in [0.15, 0.2) is 11.6 Å². The maximum atomic E-state index is 12.3. The van der Waals surface area contributed by atoms with Crippen molar-refractivity contribution >= 4 is 21.7 Å². The van der Waals surface area contributed by atoms with Gasteiger partial charge in [-0.15, -0.1) is 10.2 Å². The van der Waals surface area contributed by atoms with Gasteiger partial charge in [0.25, 0.3) is 0 Å². The molecule has 0 bridgehead atoms. The van der Waals surface area contributed by atoms with Gasteiger partial charge < -0.3 is 14.7 Å². The van der Waals surface area contributed by atoms with Crippen molar-refractivity contribution in [3.8, 4) is 0 Å². The van der Waals surface area contributed by atoms with Crippen LogP contribution < -0.4 is 9.80 Å². The lowest BCUT2D eigenvalue weighted by Gasteiger charge is -2.35. The van der Waals surface area contributed by atoms with Crippen LogP contribution in [0.4, 0.5) is 11.6 Å². The summed E-state index contributed by atoms with van der Waals surface area (Å²) in [6.45, 7) is 8.40. The van der Waals surface area contributed by atoms with Crippen LogP contribution in [0.5, 0.6) is 0 Å². The van der Waals surface area contributed by atoms with E-state index in [2.05, 4.69) is 31.9 Å². The molecule has 26 heavy (non-hydrogen) atoms. The highest BCUT2D eigenvalue weighted by Crippen LogP contribution is 2.18. The maximum absolute atomic E-state index is 12.3. The quantitative estimate of drug-likeness (QED) is 0.708.